The van der Waals surface area contributed by atoms with E-state index in [1.165, 1.54) is 260 Å². The molecule has 0 atom stereocenters. The van der Waals surface area contributed by atoms with Crippen LogP contribution in [0.15, 0.2) is 97.1 Å². The normalized spacial score (nSPS) is 12.8. The molecule has 16 bridgehead atoms. The molecule has 0 aliphatic carbocycles. The van der Waals surface area contributed by atoms with Gasteiger partial charge in [-0.3, -0.25) is 5.32 Å². The average Bonchev–Trinajstić information content (AvgIpc) is 1.54. The second kappa shape index (κ2) is 29.2. The zero-order chi connectivity index (χ0) is 70.7. The SMILES string of the molecule is CCCCCc1c2nc3c4c(c5ccccc5c13)[c+](CCCCC)c(c1[nH]c3c5[nH]c(c(CCCCC)c5c5ccccc5c3c1CCCCC)c1[nH]c3c5[nH]c(c(CCCCC)c5c5ccccc5c3c1CCCCC)c1[nH]c3c5[nH]c2c(CCCCC)c5c2ccccc2c3c1CCCCC)N4. The molecule has 8 aromatic carbocycles. The van der Waals surface area contributed by atoms with Gasteiger partial charge in [0.2, 0.25) is 0 Å². The predicted octanol–water partition coefficient (Wildman–Crippen LogP) is 29.1. The Labute approximate surface area is 613 Å². The maximum Gasteiger partial charge on any atom is 0.160 e. The van der Waals surface area contributed by atoms with Crippen LogP contribution in [0.5, 0.6) is 0 Å². The number of aromatic nitrogens is 7. The van der Waals surface area contributed by atoms with Gasteiger partial charge in [0.1, 0.15) is 16.4 Å². The Morgan fingerprint density at radius 2 is 0.510 bits per heavy atom. The fraction of sp³-hybridized carbons (Fsp3) is 0.417. The van der Waals surface area contributed by atoms with Crippen LogP contribution in [-0.2, 0) is 51.4 Å². The summed E-state index contributed by atoms with van der Waals surface area (Å²) >= 11 is 0. The molecule has 2 aliphatic rings. The Balaban J connectivity index is 1.15. The third-order valence-electron chi connectivity index (χ3n) is 24.9. The molecule has 2 aliphatic heterocycles. The molecule has 8 nitrogen and oxygen atoms in total. The zero-order valence-corrected chi connectivity index (χ0v) is 63.8. The number of benzene rings is 8. The van der Waals surface area contributed by atoms with Crippen molar-refractivity contribution in [2.45, 2.75) is 261 Å². The summed E-state index contributed by atoms with van der Waals surface area (Å²) in [7, 11) is 0. The summed E-state index contributed by atoms with van der Waals surface area (Å²) < 4.78 is 0. The van der Waals surface area contributed by atoms with Crippen LogP contribution in [0.3, 0.4) is 0 Å². The smallest absolute Gasteiger partial charge is 0.160 e. The third kappa shape index (κ3) is 11.1. The summed E-state index contributed by atoms with van der Waals surface area (Å²) in [6.07, 6.45) is 35.4. The molecule has 0 amide bonds. The van der Waals surface area contributed by atoms with E-state index in [0.29, 0.717) is 0 Å². The Kier molecular flexibility index (Phi) is 19.2. The quantitative estimate of drug-likeness (QED) is 0.0168. The van der Waals surface area contributed by atoms with Crippen LogP contribution in [0.1, 0.15) is 254 Å². The van der Waals surface area contributed by atoms with Crippen molar-refractivity contribution < 1.29 is 0 Å². The number of rotatable bonds is 32. The van der Waals surface area contributed by atoms with Crippen molar-refractivity contribution in [2.75, 3.05) is 5.32 Å². The Hall–Kier alpha value is -8.88. The van der Waals surface area contributed by atoms with E-state index in [1.54, 1.807) is 0 Å². The summed E-state index contributed by atoms with van der Waals surface area (Å²) in [5, 5.41) is 26.2. The average molecular weight is 1380 g/mol. The standard InChI is InChI=1S/C96H111N8/c1-9-17-25-49-65-73-57-41-33-34-42-58(57)74-67(51-27-19-11-3)83-84-69(53-29-21-13-5)77-61-45-37-38-46-62(61)79-71(55-31-23-15-7)87(103-94(79)93(77)101-84)88-72(56-32-24-16-8)80-64-48-40-39-47-63(64)78-70(54-30-22-14-6)86(102-95(78)96(80)104-88)85-68(52-28-20-12-4)76-60-44-36-35-43-59(60)75-66(50-26-18-10-2)82(98-91(75)92(76)100-85)81(65)97-89(73)90(74)99-83/h33-48,97-103H,9-32,49-56H2,1-8H3/q+1. The number of nitrogens with one attached hydrogen (secondary N) is 7. The fourth-order valence-corrected chi connectivity index (χ4v) is 19.9. The van der Waals surface area contributed by atoms with E-state index in [1.807, 2.05) is 0 Å². The molecule has 0 fully saturated rings. The van der Waals surface area contributed by atoms with Crippen molar-refractivity contribution in [3.05, 3.63) is 142 Å². The number of unbranched alkanes of at least 4 members (excludes halogenated alkanes) is 16. The zero-order valence-electron chi connectivity index (χ0n) is 63.8. The first kappa shape index (κ1) is 68.2. The molecule has 8 heteroatoms. The van der Waals surface area contributed by atoms with E-state index in [9.17, 15) is 0 Å². The van der Waals surface area contributed by atoms with Crippen molar-refractivity contribution >= 4 is 175 Å². The second-order valence-corrected chi connectivity index (χ2v) is 31.6. The Morgan fingerprint density at radius 3 is 0.837 bits per heavy atom. The van der Waals surface area contributed by atoms with Crippen molar-refractivity contribution in [1.29, 1.82) is 0 Å². The molecular formula is C96H111N8+. The summed E-state index contributed by atoms with van der Waals surface area (Å²) in [4.78, 5) is 33.4. The lowest BCUT2D eigenvalue weighted by atomic mass is 9.92. The van der Waals surface area contributed by atoms with Gasteiger partial charge in [-0.2, -0.15) is 0 Å². The maximum absolute atomic E-state index is 6.35. The molecule has 534 valence electrons. The highest BCUT2D eigenvalue weighted by Crippen LogP contribution is 2.54. The van der Waals surface area contributed by atoms with Gasteiger partial charge in [0.15, 0.2) is 11.4 Å². The number of fused-ring (bicyclic) bond motifs is 24. The minimum Gasteiger partial charge on any atom is -0.351 e. The molecule has 0 radical (unpaired) electrons. The van der Waals surface area contributed by atoms with E-state index in [-0.39, 0.29) is 0 Å². The highest BCUT2D eigenvalue weighted by Gasteiger charge is 2.36. The number of nitrogens with zero attached hydrogens (tertiary/aromatic N) is 1. The lowest BCUT2D eigenvalue weighted by Gasteiger charge is -2.09. The van der Waals surface area contributed by atoms with Gasteiger partial charge in [-0.25, -0.2) is 4.98 Å². The third-order valence-corrected chi connectivity index (χ3v) is 24.9. The highest BCUT2D eigenvalue weighted by atomic mass is 15.0. The van der Waals surface area contributed by atoms with E-state index in [0.717, 1.165) is 165 Å². The van der Waals surface area contributed by atoms with Gasteiger partial charge < -0.3 is 29.9 Å². The van der Waals surface area contributed by atoms with Gasteiger partial charge in [-0.1, -0.05) is 243 Å². The minimum absolute atomic E-state index is 0.955. The first-order valence-corrected chi connectivity index (χ1v) is 41.7. The topological polar surface area (TPSA) is 120 Å². The summed E-state index contributed by atoms with van der Waals surface area (Å²) in [5.74, 6) is 0. The number of aromatic amines is 6. The number of hydrogen-bond donors (Lipinski definition) is 7. The van der Waals surface area contributed by atoms with Crippen molar-refractivity contribution in [3.8, 4) is 0 Å². The number of anilines is 2. The molecule has 15 aromatic rings. The van der Waals surface area contributed by atoms with Crippen LogP contribution >= 0.6 is 0 Å². The molecule has 7 aromatic heterocycles. The van der Waals surface area contributed by atoms with Crippen molar-refractivity contribution in [3.63, 3.8) is 0 Å². The first-order chi connectivity index (χ1) is 51.4. The first-order valence-electron chi connectivity index (χ1n) is 41.7. The van der Waals surface area contributed by atoms with E-state index < -0.39 is 0 Å². The van der Waals surface area contributed by atoms with Gasteiger partial charge in [0, 0.05) is 55.1 Å². The Morgan fingerprint density at radius 1 is 0.250 bits per heavy atom. The van der Waals surface area contributed by atoms with Crippen LogP contribution in [0, 0.1) is 0 Å². The van der Waals surface area contributed by atoms with Crippen LogP contribution < -0.4 is 5.32 Å². The highest BCUT2D eigenvalue weighted by molar-refractivity contribution is 6.35. The number of H-pyrrole nitrogens is 6. The fourth-order valence-electron chi connectivity index (χ4n) is 19.9. The molecule has 104 heavy (non-hydrogen) atoms. The van der Waals surface area contributed by atoms with E-state index >= 15 is 0 Å². The predicted molar refractivity (Wildman–Crippen MR) is 455 cm³/mol. The molecule has 7 N–H and O–H groups in total. The van der Waals surface area contributed by atoms with Crippen LogP contribution in [0.4, 0.5) is 11.4 Å². The van der Waals surface area contributed by atoms with Gasteiger partial charge >= 0.3 is 0 Å². The molecule has 0 unspecified atom stereocenters. The second-order valence-electron chi connectivity index (χ2n) is 31.6. The van der Waals surface area contributed by atoms with Crippen molar-refractivity contribution in [2.24, 2.45) is 0 Å². The molecule has 9 heterocycles. The molecule has 0 saturated carbocycles. The van der Waals surface area contributed by atoms with Gasteiger partial charge in [0.25, 0.3) is 0 Å². The molecular weight excluding hydrogens is 1270 g/mol. The van der Waals surface area contributed by atoms with Gasteiger partial charge in [-0.15, -0.1) is 0 Å². The van der Waals surface area contributed by atoms with Crippen molar-refractivity contribution in [1.82, 2.24) is 34.9 Å². The van der Waals surface area contributed by atoms with Crippen LogP contribution in [0.2, 0.25) is 0 Å². The summed E-state index contributed by atoms with van der Waals surface area (Å²) in [6, 6.07) is 38.2. The van der Waals surface area contributed by atoms with Gasteiger partial charge in [0.05, 0.1) is 77.2 Å². The van der Waals surface area contributed by atoms with Crippen LogP contribution in [0.25, 0.3) is 163 Å². The monoisotopic (exact) mass is 1380 g/mol. The molecule has 17 rings (SSSR count). The van der Waals surface area contributed by atoms with Gasteiger partial charge in [-0.05, 0) is 174 Å². The Bertz CT molecular complexity index is 6030. The lowest BCUT2D eigenvalue weighted by Crippen LogP contribution is -1.93. The van der Waals surface area contributed by atoms with E-state index in [4.69, 9.17) is 4.98 Å². The maximum atomic E-state index is 6.35. The molecule has 0 saturated heterocycles. The summed E-state index contributed by atoms with van der Waals surface area (Å²) in [5.41, 5.74) is 31.0. The van der Waals surface area contributed by atoms with E-state index in [2.05, 4.69) is 188 Å². The van der Waals surface area contributed by atoms with Crippen LogP contribution in [-0.4, -0.2) is 34.9 Å². The largest absolute Gasteiger partial charge is 0.351 e. The lowest BCUT2D eigenvalue weighted by molar-refractivity contribution is 0.720. The number of hydrogen-bond acceptors (Lipinski definition) is 2. The molecule has 0 spiro atoms. The minimum atomic E-state index is 0.955. The number of aryl methyl sites for hydroxylation is 8. The summed E-state index contributed by atoms with van der Waals surface area (Å²) in [6.45, 7) is 18.9.